The zero-order valence-electron chi connectivity index (χ0n) is 13.4. The summed E-state index contributed by atoms with van der Waals surface area (Å²) in [7, 11) is 1.85. The van der Waals surface area contributed by atoms with Crippen molar-refractivity contribution in [1.82, 2.24) is 14.9 Å². The Labute approximate surface area is 140 Å². The molecule has 2 N–H and O–H groups in total. The van der Waals surface area contributed by atoms with Gasteiger partial charge in [-0.3, -0.25) is 4.79 Å². The molecule has 0 spiro atoms. The highest BCUT2D eigenvalue weighted by atomic mass is 32.1. The lowest BCUT2D eigenvalue weighted by Gasteiger charge is -2.20. The summed E-state index contributed by atoms with van der Waals surface area (Å²) in [4.78, 5) is 17.8. The molecule has 1 atom stereocenters. The van der Waals surface area contributed by atoms with Crippen LogP contribution in [-0.2, 0) is 7.05 Å². The summed E-state index contributed by atoms with van der Waals surface area (Å²) in [5, 5.41) is 14.4. The van der Waals surface area contributed by atoms with Crippen LogP contribution in [-0.4, -0.2) is 27.2 Å². The summed E-state index contributed by atoms with van der Waals surface area (Å²) >= 11 is 1.68. The normalized spacial score (nSPS) is 17.1. The summed E-state index contributed by atoms with van der Waals surface area (Å²) in [6, 6.07) is 1.58. The zero-order chi connectivity index (χ0) is 16.2. The number of aromatic nitrogens is 2. The Bertz CT molecular complexity index is 658. The quantitative estimate of drug-likeness (QED) is 0.884. The maximum Gasteiger partial charge on any atom is 0.252 e. The topological polar surface area (TPSA) is 67.2 Å². The van der Waals surface area contributed by atoms with Crippen LogP contribution >= 0.6 is 11.3 Å². The molecule has 0 aliphatic heterocycles. The Kier molecular flexibility index (Phi) is 5.13. The van der Waals surface area contributed by atoms with Crippen molar-refractivity contribution in [2.45, 2.75) is 44.1 Å². The molecule has 2 heterocycles. The third-order valence-corrected chi connectivity index (χ3v) is 5.68. The van der Waals surface area contributed by atoms with Crippen molar-refractivity contribution in [1.29, 1.82) is 0 Å². The molecule has 1 aliphatic rings. The highest BCUT2D eigenvalue weighted by molar-refractivity contribution is 7.10. The van der Waals surface area contributed by atoms with Crippen molar-refractivity contribution in [3.8, 4) is 0 Å². The molecule has 0 bridgehead atoms. The van der Waals surface area contributed by atoms with Gasteiger partial charge in [-0.2, -0.15) is 0 Å². The fraction of sp³-hybridized carbons (Fsp3) is 0.529. The van der Waals surface area contributed by atoms with Crippen LogP contribution in [0.5, 0.6) is 0 Å². The van der Waals surface area contributed by atoms with E-state index < -0.39 is 6.04 Å². The smallest absolute Gasteiger partial charge is 0.252 e. The van der Waals surface area contributed by atoms with E-state index in [1.54, 1.807) is 23.9 Å². The van der Waals surface area contributed by atoms with E-state index in [0.717, 1.165) is 5.69 Å². The van der Waals surface area contributed by atoms with Crippen LogP contribution in [0.25, 0.3) is 0 Å². The van der Waals surface area contributed by atoms with Gasteiger partial charge in [-0.1, -0.05) is 19.3 Å². The number of imidazole rings is 1. The van der Waals surface area contributed by atoms with E-state index in [-0.39, 0.29) is 12.5 Å². The van der Waals surface area contributed by atoms with Gasteiger partial charge in [0.15, 0.2) is 0 Å². The van der Waals surface area contributed by atoms with Gasteiger partial charge in [-0.05, 0) is 24.8 Å². The van der Waals surface area contributed by atoms with Gasteiger partial charge in [0.05, 0.1) is 36.4 Å². The van der Waals surface area contributed by atoms with E-state index in [4.69, 9.17) is 0 Å². The SMILES string of the molecule is Cn1cncc1C(CO)NC(=O)c1csc(C2CCCCC2)c1. The average Bonchev–Trinajstić information content (AvgIpc) is 3.22. The van der Waals surface area contributed by atoms with Crippen molar-refractivity contribution in [3.05, 3.63) is 40.1 Å². The number of nitrogens with zero attached hydrogens (tertiary/aromatic N) is 2. The number of aryl methyl sites for hydroxylation is 1. The van der Waals surface area contributed by atoms with Crippen LogP contribution in [0.1, 0.15) is 65.0 Å². The van der Waals surface area contributed by atoms with Crippen LogP contribution in [0, 0.1) is 0 Å². The van der Waals surface area contributed by atoms with E-state index in [0.29, 0.717) is 11.5 Å². The summed E-state index contributed by atoms with van der Waals surface area (Å²) in [6.45, 7) is -0.148. The number of carbonyl (C=O) groups is 1. The Morgan fingerprint density at radius 3 is 2.91 bits per heavy atom. The average molecular weight is 333 g/mol. The van der Waals surface area contributed by atoms with Crippen molar-refractivity contribution >= 4 is 17.2 Å². The fourth-order valence-electron chi connectivity index (χ4n) is 3.23. The largest absolute Gasteiger partial charge is 0.394 e. The molecular weight excluding hydrogens is 310 g/mol. The lowest BCUT2D eigenvalue weighted by molar-refractivity contribution is 0.0914. The van der Waals surface area contributed by atoms with E-state index in [1.165, 1.54) is 37.0 Å². The monoisotopic (exact) mass is 333 g/mol. The Hall–Kier alpha value is -1.66. The van der Waals surface area contributed by atoms with Crippen LogP contribution in [0.2, 0.25) is 0 Å². The Morgan fingerprint density at radius 2 is 2.26 bits per heavy atom. The molecule has 1 saturated carbocycles. The molecule has 5 nitrogen and oxygen atoms in total. The minimum Gasteiger partial charge on any atom is -0.394 e. The predicted molar refractivity (Wildman–Crippen MR) is 90.6 cm³/mol. The second kappa shape index (κ2) is 7.27. The first kappa shape index (κ1) is 16.2. The van der Waals surface area contributed by atoms with Gasteiger partial charge >= 0.3 is 0 Å². The van der Waals surface area contributed by atoms with E-state index >= 15 is 0 Å². The number of aliphatic hydroxyl groups excluding tert-OH is 1. The second-order valence-corrected chi connectivity index (χ2v) is 7.15. The van der Waals surface area contributed by atoms with Gasteiger partial charge in [0.25, 0.3) is 5.91 Å². The molecule has 1 unspecified atom stereocenters. The summed E-state index contributed by atoms with van der Waals surface area (Å²) < 4.78 is 1.81. The van der Waals surface area contributed by atoms with Crippen LogP contribution in [0.4, 0.5) is 0 Å². The number of amides is 1. The Balaban J connectivity index is 1.68. The minimum absolute atomic E-state index is 0.136. The molecular formula is C17H23N3O2S. The maximum atomic E-state index is 12.5. The molecule has 2 aromatic heterocycles. The molecule has 0 aromatic carbocycles. The third kappa shape index (κ3) is 3.64. The zero-order valence-corrected chi connectivity index (χ0v) is 14.2. The van der Waals surface area contributed by atoms with Crippen LogP contribution < -0.4 is 5.32 Å². The van der Waals surface area contributed by atoms with E-state index in [1.807, 2.05) is 23.1 Å². The number of carbonyl (C=O) groups excluding carboxylic acids is 1. The molecule has 0 saturated heterocycles. The predicted octanol–water partition coefficient (Wildman–Crippen LogP) is 2.99. The summed E-state index contributed by atoms with van der Waals surface area (Å²) in [5.74, 6) is 0.476. The standard InChI is InChI=1S/C17H23N3O2S/c1-20-11-18-8-15(20)14(9-21)19-17(22)13-7-16(23-10-13)12-5-3-2-4-6-12/h7-8,10-12,14,21H,2-6,9H2,1H3,(H,19,22). The number of thiophene rings is 1. The van der Waals surface area contributed by atoms with Crippen molar-refractivity contribution in [2.24, 2.45) is 7.05 Å². The number of nitrogens with one attached hydrogen (secondary N) is 1. The van der Waals surface area contributed by atoms with E-state index in [2.05, 4.69) is 10.3 Å². The molecule has 1 amide bonds. The molecule has 3 rings (SSSR count). The number of hydrogen-bond acceptors (Lipinski definition) is 4. The molecule has 6 heteroatoms. The molecule has 2 aromatic rings. The molecule has 124 valence electrons. The fourth-order valence-corrected chi connectivity index (χ4v) is 4.29. The second-order valence-electron chi connectivity index (χ2n) is 6.21. The minimum atomic E-state index is -0.437. The van der Waals surface area contributed by atoms with E-state index in [9.17, 15) is 9.90 Å². The molecule has 1 fully saturated rings. The highest BCUT2D eigenvalue weighted by Crippen LogP contribution is 2.36. The van der Waals surface area contributed by atoms with Crippen LogP contribution in [0.3, 0.4) is 0 Å². The van der Waals surface area contributed by atoms with Gasteiger partial charge < -0.3 is 15.0 Å². The van der Waals surface area contributed by atoms with Crippen LogP contribution in [0.15, 0.2) is 24.0 Å². The van der Waals surface area contributed by atoms with Gasteiger partial charge in [0.2, 0.25) is 0 Å². The van der Waals surface area contributed by atoms with Crippen molar-refractivity contribution in [3.63, 3.8) is 0 Å². The first-order valence-corrected chi connectivity index (χ1v) is 9.03. The van der Waals surface area contributed by atoms with Crippen molar-refractivity contribution < 1.29 is 9.90 Å². The lowest BCUT2D eigenvalue weighted by atomic mass is 9.88. The van der Waals surface area contributed by atoms with Gasteiger partial charge in [0, 0.05) is 17.3 Å². The van der Waals surface area contributed by atoms with Gasteiger partial charge in [-0.25, -0.2) is 4.98 Å². The third-order valence-electron chi connectivity index (χ3n) is 4.59. The Morgan fingerprint density at radius 1 is 1.48 bits per heavy atom. The lowest BCUT2D eigenvalue weighted by Crippen LogP contribution is -2.31. The number of aliphatic hydroxyl groups is 1. The summed E-state index contributed by atoms with van der Waals surface area (Å²) in [6.07, 6.45) is 9.70. The highest BCUT2D eigenvalue weighted by Gasteiger charge is 2.21. The molecule has 23 heavy (non-hydrogen) atoms. The van der Waals surface area contributed by atoms with Crippen molar-refractivity contribution in [2.75, 3.05) is 6.61 Å². The number of rotatable bonds is 5. The molecule has 0 radical (unpaired) electrons. The van der Waals surface area contributed by atoms with Gasteiger partial charge in [0.1, 0.15) is 0 Å². The first-order chi connectivity index (χ1) is 11.2. The number of hydrogen-bond donors (Lipinski definition) is 2. The first-order valence-electron chi connectivity index (χ1n) is 8.15. The summed E-state index contributed by atoms with van der Waals surface area (Å²) in [5.41, 5.74) is 1.49. The van der Waals surface area contributed by atoms with Gasteiger partial charge in [-0.15, -0.1) is 11.3 Å². The maximum absolute atomic E-state index is 12.5. The molecule has 1 aliphatic carbocycles.